The van der Waals surface area contributed by atoms with Gasteiger partial charge in [0.15, 0.2) is 0 Å². The molecule has 0 aromatic heterocycles. The van der Waals surface area contributed by atoms with Crippen LogP contribution in [0.5, 0.6) is 0 Å². The number of amides is 1. The zero-order valence-electron chi connectivity index (χ0n) is 12.8. The minimum atomic E-state index is -0.556. The Bertz CT molecular complexity index is 441. The SMILES string of the molecule is CN(C(=O)c1ccc(C(C)(C)C)cc1)C(C)(C)CO. The second-order valence-corrected chi connectivity index (χ2v) is 6.66. The van der Waals surface area contributed by atoms with Gasteiger partial charge in [-0.1, -0.05) is 32.9 Å². The van der Waals surface area contributed by atoms with Crippen LogP contribution in [0.2, 0.25) is 0 Å². The maximum atomic E-state index is 12.3. The molecule has 0 saturated carbocycles. The smallest absolute Gasteiger partial charge is 0.254 e. The van der Waals surface area contributed by atoms with Crippen LogP contribution in [0, 0.1) is 0 Å². The van der Waals surface area contributed by atoms with Crippen molar-refractivity contribution in [3.8, 4) is 0 Å². The maximum Gasteiger partial charge on any atom is 0.254 e. The van der Waals surface area contributed by atoms with E-state index in [0.29, 0.717) is 5.56 Å². The van der Waals surface area contributed by atoms with Gasteiger partial charge in [-0.05, 0) is 37.0 Å². The number of nitrogens with zero attached hydrogens (tertiary/aromatic N) is 1. The molecule has 0 spiro atoms. The molecule has 106 valence electrons. The van der Waals surface area contributed by atoms with Crippen LogP contribution in [0.1, 0.15) is 50.5 Å². The van der Waals surface area contributed by atoms with Gasteiger partial charge in [-0.2, -0.15) is 0 Å². The highest BCUT2D eigenvalue weighted by Gasteiger charge is 2.27. The largest absolute Gasteiger partial charge is 0.394 e. The molecule has 1 amide bonds. The zero-order chi connectivity index (χ0) is 14.8. The highest BCUT2D eigenvalue weighted by atomic mass is 16.3. The van der Waals surface area contributed by atoms with Crippen molar-refractivity contribution in [2.75, 3.05) is 13.7 Å². The Kier molecular flexibility index (Phi) is 4.41. The number of aliphatic hydroxyl groups excluding tert-OH is 1. The van der Waals surface area contributed by atoms with Crippen LogP contribution >= 0.6 is 0 Å². The fourth-order valence-electron chi connectivity index (χ4n) is 1.69. The molecule has 1 aromatic carbocycles. The summed E-state index contributed by atoms with van der Waals surface area (Å²) in [5.74, 6) is -0.0699. The summed E-state index contributed by atoms with van der Waals surface area (Å²) in [4.78, 5) is 13.9. The van der Waals surface area contributed by atoms with Gasteiger partial charge in [-0.3, -0.25) is 4.79 Å². The van der Waals surface area contributed by atoms with Crippen molar-refractivity contribution in [3.63, 3.8) is 0 Å². The molecule has 0 heterocycles. The molecular formula is C16H25NO2. The normalized spacial score (nSPS) is 12.4. The van der Waals surface area contributed by atoms with Crippen molar-refractivity contribution in [1.29, 1.82) is 0 Å². The molecule has 19 heavy (non-hydrogen) atoms. The first kappa shape index (κ1) is 15.7. The molecule has 0 atom stereocenters. The molecule has 3 nitrogen and oxygen atoms in total. The molecule has 0 saturated heterocycles. The summed E-state index contributed by atoms with van der Waals surface area (Å²) in [5, 5.41) is 9.32. The van der Waals surface area contributed by atoms with E-state index in [2.05, 4.69) is 20.8 Å². The second kappa shape index (κ2) is 5.33. The third-order valence-corrected chi connectivity index (χ3v) is 3.60. The van der Waals surface area contributed by atoms with Crippen LogP contribution in [-0.4, -0.2) is 35.1 Å². The van der Waals surface area contributed by atoms with E-state index in [1.54, 1.807) is 11.9 Å². The van der Waals surface area contributed by atoms with E-state index in [-0.39, 0.29) is 17.9 Å². The summed E-state index contributed by atoms with van der Waals surface area (Å²) in [6.07, 6.45) is 0. The van der Waals surface area contributed by atoms with Gasteiger partial charge in [0.1, 0.15) is 0 Å². The van der Waals surface area contributed by atoms with E-state index in [1.807, 2.05) is 38.1 Å². The van der Waals surface area contributed by atoms with Crippen LogP contribution in [0.4, 0.5) is 0 Å². The average molecular weight is 263 g/mol. The first-order valence-electron chi connectivity index (χ1n) is 6.59. The van der Waals surface area contributed by atoms with Crippen molar-refractivity contribution in [1.82, 2.24) is 4.90 Å². The maximum absolute atomic E-state index is 12.3. The van der Waals surface area contributed by atoms with Crippen molar-refractivity contribution >= 4 is 5.91 Å². The van der Waals surface area contributed by atoms with Crippen LogP contribution in [0.15, 0.2) is 24.3 Å². The third kappa shape index (κ3) is 3.57. The Morgan fingerprint density at radius 2 is 1.58 bits per heavy atom. The quantitative estimate of drug-likeness (QED) is 0.911. The summed E-state index contributed by atoms with van der Waals surface area (Å²) in [7, 11) is 1.72. The van der Waals surface area contributed by atoms with Gasteiger partial charge >= 0.3 is 0 Å². The van der Waals surface area contributed by atoms with Gasteiger partial charge in [0, 0.05) is 12.6 Å². The van der Waals surface area contributed by atoms with Gasteiger partial charge in [0.05, 0.1) is 12.1 Å². The predicted molar refractivity (Wildman–Crippen MR) is 78.4 cm³/mol. The Morgan fingerprint density at radius 1 is 1.11 bits per heavy atom. The molecule has 0 aliphatic rings. The summed E-state index contributed by atoms with van der Waals surface area (Å²) in [6.45, 7) is 10.1. The summed E-state index contributed by atoms with van der Waals surface area (Å²) >= 11 is 0. The van der Waals surface area contributed by atoms with E-state index >= 15 is 0 Å². The number of likely N-dealkylation sites (N-methyl/N-ethyl adjacent to an activating group) is 1. The van der Waals surface area contributed by atoms with E-state index < -0.39 is 5.54 Å². The molecule has 3 heteroatoms. The molecule has 0 unspecified atom stereocenters. The van der Waals surface area contributed by atoms with Crippen LogP contribution in [-0.2, 0) is 5.41 Å². The van der Waals surface area contributed by atoms with Gasteiger partial charge in [0.2, 0.25) is 0 Å². The number of aliphatic hydroxyl groups is 1. The monoisotopic (exact) mass is 263 g/mol. The average Bonchev–Trinajstić information content (AvgIpc) is 2.36. The van der Waals surface area contributed by atoms with E-state index in [9.17, 15) is 9.90 Å². The predicted octanol–water partition coefficient (Wildman–Crippen LogP) is 2.83. The lowest BCUT2D eigenvalue weighted by atomic mass is 9.86. The summed E-state index contributed by atoms with van der Waals surface area (Å²) < 4.78 is 0. The highest BCUT2D eigenvalue weighted by molar-refractivity contribution is 5.94. The van der Waals surface area contributed by atoms with Crippen LogP contribution in [0.25, 0.3) is 0 Å². The molecule has 0 radical (unpaired) electrons. The number of benzene rings is 1. The zero-order valence-corrected chi connectivity index (χ0v) is 12.8. The Morgan fingerprint density at radius 3 is 1.95 bits per heavy atom. The van der Waals surface area contributed by atoms with Gasteiger partial charge in [-0.25, -0.2) is 0 Å². The molecule has 1 aromatic rings. The van der Waals surface area contributed by atoms with E-state index in [1.165, 1.54) is 5.56 Å². The fraction of sp³-hybridized carbons (Fsp3) is 0.562. The van der Waals surface area contributed by atoms with Gasteiger partial charge in [-0.15, -0.1) is 0 Å². The van der Waals surface area contributed by atoms with Crippen molar-refractivity contribution in [3.05, 3.63) is 35.4 Å². The van der Waals surface area contributed by atoms with Crippen molar-refractivity contribution in [2.24, 2.45) is 0 Å². The molecule has 1 rings (SSSR count). The minimum Gasteiger partial charge on any atom is -0.394 e. The topological polar surface area (TPSA) is 40.5 Å². The molecule has 0 bridgehead atoms. The van der Waals surface area contributed by atoms with Crippen molar-refractivity contribution in [2.45, 2.75) is 45.6 Å². The standard InChI is InChI=1S/C16H25NO2/c1-15(2,3)13-9-7-12(8-10-13)14(19)17(6)16(4,5)11-18/h7-10,18H,11H2,1-6H3. The highest BCUT2D eigenvalue weighted by Crippen LogP contribution is 2.23. The fourth-order valence-corrected chi connectivity index (χ4v) is 1.69. The Hall–Kier alpha value is -1.35. The minimum absolute atomic E-state index is 0.0602. The lowest BCUT2D eigenvalue weighted by Crippen LogP contribution is -2.47. The number of carbonyl (C=O) groups is 1. The lowest BCUT2D eigenvalue weighted by molar-refractivity contribution is 0.0473. The van der Waals surface area contributed by atoms with Crippen LogP contribution in [0.3, 0.4) is 0 Å². The Labute approximate surface area is 116 Å². The molecule has 0 aliphatic carbocycles. The first-order chi connectivity index (χ1) is 8.59. The summed E-state index contributed by atoms with van der Waals surface area (Å²) in [6, 6.07) is 7.69. The molecule has 0 fully saturated rings. The summed E-state index contributed by atoms with van der Waals surface area (Å²) in [5.41, 5.74) is 1.38. The van der Waals surface area contributed by atoms with Gasteiger partial charge in [0.25, 0.3) is 5.91 Å². The van der Waals surface area contributed by atoms with E-state index in [4.69, 9.17) is 0 Å². The Balaban J connectivity index is 2.96. The molecular weight excluding hydrogens is 238 g/mol. The molecule has 0 aliphatic heterocycles. The number of hydrogen-bond donors (Lipinski definition) is 1. The number of hydrogen-bond acceptors (Lipinski definition) is 2. The third-order valence-electron chi connectivity index (χ3n) is 3.60. The van der Waals surface area contributed by atoms with Gasteiger partial charge < -0.3 is 10.0 Å². The van der Waals surface area contributed by atoms with E-state index in [0.717, 1.165) is 0 Å². The van der Waals surface area contributed by atoms with Crippen molar-refractivity contribution < 1.29 is 9.90 Å². The number of rotatable bonds is 3. The lowest BCUT2D eigenvalue weighted by Gasteiger charge is -2.34. The second-order valence-electron chi connectivity index (χ2n) is 6.66. The number of carbonyl (C=O) groups excluding carboxylic acids is 1. The van der Waals surface area contributed by atoms with Crippen LogP contribution < -0.4 is 0 Å². The first-order valence-corrected chi connectivity index (χ1v) is 6.59. The molecule has 1 N–H and O–H groups in total.